The molecular formula is C22H25ClN2O4. The molecular weight excluding hydrogens is 392 g/mol. The SMILES string of the molecule is CC(=NO)C(CN(C)C)C(c1ccccc1)c1c(O)c2ccccc2oc1=O.Cl. The number of fused-ring (bicyclic) bond motifs is 1. The van der Waals surface area contributed by atoms with E-state index in [4.69, 9.17) is 4.42 Å². The molecule has 0 aliphatic heterocycles. The summed E-state index contributed by atoms with van der Waals surface area (Å²) in [6.45, 7) is 2.23. The number of hydrogen-bond donors (Lipinski definition) is 2. The lowest BCUT2D eigenvalue weighted by molar-refractivity contribution is 0.301. The van der Waals surface area contributed by atoms with Crippen molar-refractivity contribution in [2.75, 3.05) is 20.6 Å². The normalized spacial score (nSPS) is 13.9. The third-order valence-electron chi connectivity index (χ3n) is 4.95. The zero-order valence-electron chi connectivity index (χ0n) is 16.6. The summed E-state index contributed by atoms with van der Waals surface area (Å²) in [6.07, 6.45) is 0. The Bertz CT molecular complexity index is 1050. The minimum absolute atomic E-state index is 0. The van der Waals surface area contributed by atoms with E-state index in [1.165, 1.54) is 0 Å². The Morgan fingerprint density at radius 3 is 2.34 bits per heavy atom. The molecule has 0 radical (unpaired) electrons. The molecule has 29 heavy (non-hydrogen) atoms. The second kappa shape index (κ2) is 9.58. The lowest BCUT2D eigenvalue weighted by Crippen LogP contribution is -2.34. The summed E-state index contributed by atoms with van der Waals surface area (Å²) >= 11 is 0. The minimum atomic E-state index is -0.598. The van der Waals surface area contributed by atoms with E-state index in [0.717, 1.165) is 5.56 Å². The average Bonchev–Trinajstić information content (AvgIpc) is 2.69. The lowest BCUT2D eigenvalue weighted by Gasteiger charge is -2.29. The van der Waals surface area contributed by atoms with E-state index in [1.54, 1.807) is 31.2 Å². The fraction of sp³-hybridized carbons (Fsp3) is 0.273. The number of rotatable bonds is 6. The third-order valence-corrected chi connectivity index (χ3v) is 4.95. The summed E-state index contributed by atoms with van der Waals surface area (Å²) in [6, 6.07) is 16.3. The van der Waals surface area contributed by atoms with E-state index < -0.39 is 11.5 Å². The molecule has 0 fully saturated rings. The van der Waals surface area contributed by atoms with Gasteiger partial charge < -0.3 is 19.6 Å². The minimum Gasteiger partial charge on any atom is -0.507 e. The Morgan fingerprint density at radius 1 is 1.10 bits per heavy atom. The first kappa shape index (κ1) is 22.5. The average molecular weight is 417 g/mol. The van der Waals surface area contributed by atoms with Crippen molar-refractivity contribution in [3.05, 3.63) is 76.1 Å². The van der Waals surface area contributed by atoms with Crippen LogP contribution in [-0.2, 0) is 0 Å². The zero-order chi connectivity index (χ0) is 20.3. The Hall–Kier alpha value is -2.83. The summed E-state index contributed by atoms with van der Waals surface area (Å²) in [5.74, 6) is -0.993. The van der Waals surface area contributed by atoms with Crippen LogP contribution in [0, 0.1) is 5.92 Å². The van der Waals surface area contributed by atoms with Crippen molar-refractivity contribution in [1.29, 1.82) is 0 Å². The number of oxime groups is 1. The van der Waals surface area contributed by atoms with E-state index in [-0.39, 0.29) is 29.6 Å². The summed E-state index contributed by atoms with van der Waals surface area (Å²) in [5.41, 5.74) is 1.20. The van der Waals surface area contributed by atoms with Gasteiger partial charge in [-0.2, -0.15) is 0 Å². The second-order valence-corrected chi connectivity index (χ2v) is 7.15. The first-order chi connectivity index (χ1) is 13.4. The Kier molecular flexibility index (Phi) is 7.42. The first-order valence-corrected chi connectivity index (χ1v) is 9.07. The van der Waals surface area contributed by atoms with Gasteiger partial charge in [-0.3, -0.25) is 0 Å². The molecule has 0 bridgehead atoms. The molecule has 0 aliphatic rings. The van der Waals surface area contributed by atoms with Gasteiger partial charge >= 0.3 is 5.63 Å². The maximum atomic E-state index is 12.9. The van der Waals surface area contributed by atoms with Crippen LogP contribution in [-0.4, -0.2) is 41.6 Å². The van der Waals surface area contributed by atoms with Crippen LogP contribution in [0.15, 0.2) is 69.0 Å². The van der Waals surface area contributed by atoms with Gasteiger partial charge in [0.15, 0.2) is 0 Å². The molecule has 1 heterocycles. The monoisotopic (exact) mass is 416 g/mol. The molecule has 0 aliphatic carbocycles. The number of hydrogen-bond acceptors (Lipinski definition) is 6. The predicted octanol–water partition coefficient (Wildman–Crippen LogP) is 4.08. The van der Waals surface area contributed by atoms with Crippen molar-refractivity contribution in [3.8, 4) is 5.75 Å². The highest BCUT2D eigenvalue weighted by molar-refractivity contribution is 5.88. The molecule has 0 saturated carbocycles. The van der Waals surface area contributed by atoms with Crippen molar-refractivity contribution in [2.24, 2.45) is 11.1 Å². The fourth-order valence-corrected chi connectivity index (χ4v) is 3.63. The van der Waals surface area contributed by atoms with Crippen LogP contribution in [0.4, 0.5) is 0 Å². The molecule has 7 heteroatoms. The van der Waals surface area contributed by atoms with Gasteiger partial charge in [-0.25, -0.2) is 4.79 Å². The van der Waals surface area contributed by atoms with Crippen molar-refractivity contribution in [1.82, 2.24) is 4.90 Å². The molecule has 0 spiro atoms. The van der Waals surface area contributed by atoms with E-state index in [9.17, 15) is 15.1 Å². The zero-order valence-corrected chi connectivity index (χ0v) is 17.4. The fourth-order valence-electron chi connectivity index (χ4n) is 3.63. The van der Waals surface area contributed by atoms with Gasteiger partial charge in [0, 0.05) is 18.4 Å². The first-order valence-electron chi connectivity index (χ1n) is 9.07. The van der Waals surface area contributed by atoms with Crippen LogP contribution < -0.4 is 5.63 Å². The molecule has 0 amide bonds. The Balaban J connectivity index is 0.00000300. The van der Waals surface area contributed by atoms with Crippen molar-refractivity contribution < 1.29 is 14.7 Å². The molecule has 1 aromatic heterocycles. The second-order valence-electron chi connectivity index (χ2n) is 7.15. The van der Waals surface area contributed by atoms with Crippen molar-refractivity contribution in [3.63, 3.8) is 0 Å². The Morgan fingerprint density at radius 2 is 1.72 bits per heavy atom. The largest absolute Gasteiger partial charge is 0.507 e. The molecule has 2 N–H and O–H groups in total. The van der Waals surface area contributed by atoms with Gasteiger partial charge in [0.2, 0.25) is 0 Å². The maximum absolute atomic E-state index is 12.9. The van der Waals surface area contributed by atoms with E-state index in [2.05, 4.69) is 5.16 Å². The van der Waals surface area contributed by atoms with Gasteiger partial charge in [0.25, 0.3) is 0 Å². The van der Waals surface area contributed by atoms with Gasteiger partial charge in [0.1, 0.15) is 11.3 Å². The molecule has 2 unspecified atom stereocenters. The highest BCUT2D eigenvalue weighted by Gasteiger charge is 2.33. The van der Waals surface area contributed by atoms with Crippen LogP contribution in [0.5, 0.6) is 5.75 Å². The topological polar surface area (TPSA) is 86.3 Å². The van der Waals surface area contributed by atoms with Crippen LogP contribution in [0.2, 0.25) is 0 Å². The van der Waals surface area contributed by atoms with E-state index in [1.807, 2.05) is 49.3 Å². The smallest absolute Gasteiger partial charge is 0.343 e. The summed E-state index contributed by atoms with van der Waals surface area (Å²) in [5, 5.41) is 24.4. The molecule has 2 aromatic carbocycles. The van der Waals surface area contributed by atoms with Crippen LogP contribution in [0.25, 0.3) is 11.0 Å². The van der Waals surface area contributed by atoms with Crippen LogP contribution in [0.1, 0.15) is 24.0 Å². The van der Waals surface area contributed by atoms with E-state index >= 15 is 0 Å². The summed E-state index contributed by atoms with van der Waals surface area (Å²) in [4.78, 5) is 14.9. The predicted molar refractivity (Wildman–Crippen MR) is 117 cm³/mol. The summed E-state index contributed by atoms with van der Waals surface area (Å²) < 4.78 is 5.51. The lowest BCUT2D eigenvalue weighted by atomic mass is 9.78. The number of para-hydroxylation sites is 1. The van der Waals surface area contributed by atoms with Crippen LogP contribution in [0.3, 0.4) is 0 Å². The van der Waals surface area contributed by atoms with Gasteiger partial charge in [-0.05, 0) is 38.7 Å². The van der Waals surface area contributed by atoms with E-state index in [0.29, 0.717) is 23.2 Å². The third kappa shape index (κ3) is 4.60. The number of halogens is 1. The number of aromatic hydroxyl groups is 1. The quantitative estimate of drug-likeness (QED) is 0.273. The molecule has 0 saturated heterocycles. The highest BCUT2D eigenvalue weighted by Crippen LogP contribution is 2.39. The molecule has 6 nitrogen and oxygen atoms in total. The summed E-state index contributed by atoms with van der Waals surface area (Å²) in [7, 11) is 3.81. The molecule has 2 atom stereocenters. The number of nitrogens with zero attached hydrogens (tertiary/aromatic N) is 2. The highest BCUT2D eigenvalue weighted by atomic mass is 35.5. The van der Waals surface area contributed by atoms with Gasteiger partial charge in [0.05, 0.1) is 16.7 Å². The van der Waals surface area contributed by atoms with Crippen molar-refractivity contribution >= 4 is 29.1 Å². The molecule has 154 valence electrons. The van der Waals surface area contributed by atoms with Gasteiger partial charge in [-0.15, -0.1) is 12.4 Å². The Labute approximate surface area is 175 Å². The number of benzene rings is 2. The standard InChI is InChI=1S/C22H24N2O4.ClH/c1-14(23-27)17(13-24(2)3)19(15-9-5-4-6-10-15)20-21(25)16-11-7-8-12-18(16)28-22(20)26;/h4-12,17,19,25,27H,13H2,1-3H3;1H. The maximum Gasteiger partial charge on any atom is 0.343 e. The molecule has 3 rings (SSSR count). The van der Waals surface area contributed by atoms with Crippen molar-refractivity contribution in [2.45, 2.75) is 12.8 Å². The van der Waals surface area contributed by atoms with Gasteiger partial charge in [-0.1, -0.05) is 47.6 Å². The van der Waals surface area contributed by atoms with Crippen LogP contribution >= 0.6 is 12.4 Å². The molecule has 3 aromatic rings.